The molecule has 1 atom stereocenters. The van der Waals surface area contributed by atoms with Gasteiger partial charge >= 0.3 is 0 Å². The van der Waals surface area contributed by atoms with Crippen molar-refractivity contribution < 1.29 is 9.53 Å². The third kappa shape index (κ3) is 4.55. The quantitative estimate of drug-likeness (QED) is 0.609. The van der Waals surface area contributed by atoms with Crippen molar-refractivity contribution in [2.24, 2.45) is 0 Å². The van der Waals surface area contributed by atoms with Gasteiger partial charge in [0.2, 0.25) is 0 Å². The van der Waals surface area contributed by atoms with Crippen molar-refractivity contribution in [3.63, 3.8) is 0 Å². The van der Waals surface area contributed by atoms with E-state index in [1.54, 1.807) is 24.2 Å². The van der Waals surface area contributed by atoms with Crippen molar-refractivity contribution in [1.82, 2.24) is 9.97 Å². The Morgan fingerprint density at radius 3 is 3.04 bits per heavy atom. The molecule has 1 aromatic carbocycles. The monoisotopic (exact) mass is 397 g/mol. The minimum atomic E-state index is -0.141. The second kappa shape index (κ2) is 8.65. The van der Waals surface area contributed by atoms with Gasteiger partial charge in [-0.3, -0.25) is 15.1 Å². The van der Waals surface area contributed by atoms with Crippen LogP contribution in [0.4, 0.5) is 5.13 Å². The van der Waals surface area contributed by atoms with Crippen molar-refractivity contribution in [2.45, 2.75) is 23.8 Å². The Hall–Kier alpha value is -2.22. The van der Waals surface area contributed by atoms with Crippen LogP contribution in [0, 0.1) is 0 Å². The summed E-state index contributed by atoms with van der Waals surface area (Å²) in [7, 11) is 0. The van der Waals surface area contributed by atoms with E-state index in [1.807, 2.05) is 41.8 Å². The minimum absolute atomic E-state index is 0.141. The van der Waals surface area contributed by atoms with Crippen LogP contribution >= 0.6 is 23.1 Å². The van der Waals surface area contributed by atoms with E-state index in [0.717, 1.165) is 41.4 Å². The second-order valence-electron chi connectivity index (χ2n) is 6.18. The number of aromatic nitrogens is 2. The number of hydrogen-bond acceptors (Lipinski definition) is 6. The summed E-state index contributed by atoms with van der Waals surface area (Å²) in [5.74, 6) is 0.727. The molecule has 138 valence electrons. The van der Waals surface area contributed by atoms with Crippen LogP contribution in [-0.2, 0) is 4.74 Å². The molecule has 1 N–H and O–H groups in total. The predicted molar refractivity (Wildman–Crippen MR) is 109 cm³/mol. The van der Waals surface area contributed by atoms with E-state index < -0.39 is 0 Å². The first-order valence-electron chi connectivity index (χ1n) is 8.80. The Labute approximate surface area is 166 Å². The van der Waals surface area contributed by atoms with Crippen molar-refractivity contribution in [1.29, 1.82) is 0 Å². The largest absolute Gasteiger partial charge is 0.377 e. The number of hydrogen-bond donors (Lipinski definition) is 1. The topological polar surface area (TPSA) is 64.1 Å². The van der Waals surface area contributed by atoms with Crippen LogP contribution in [0.5, 0.6) is 0 Å². The van der Waals surface area contributed by atoms with Gasteiger partial charge in [-0.05, 0) is 37.1 Å². The highest BCUT2D eigenvalue weighted by molar-refractivity contribution is 7.99. The third-order valence-corrected chi connectivity index (χ3v) is 6.23. The molecule has 0 unspecified atom stereocenters. The fourth-order valence-electron chi connectivity index (χ4n) is 2.88. The number of carbonyl (C=O) groups excluding carboxylic acids is 1. The highest BCUT2D eigenvalue weighted by Gasteiger charge is 2.18. The normalized spacial score (nSPS) is 16.4. The summed E-state index contributed by atoms with van der Waals surface area (Å²) in [6.45, 7) is 0.844. The summed E-state index contributed by atoms with van der Waals surface area (Å²) in [6, 6.07) is 11.5. The number of pyridine rings is 1. The second-order valence-corrected chi connectivity index (χ2v) is 8.10. The molecule has 27 heavy (non-hydrogen) atoms. The van der Waals surface area contributed by atoms with Gasteiger partial charge in [0.15, 0.2) is 5.13 Å². The van der Waals surface area contributed by atoms with E-state index in [4.69, 9.17) is 4.74 Å². The third-order valence-electron chi connectivity index (χ3n) is 4.26. The molecule has 3 aromatic rings. The standard InChI is InChI=1S/C20H19N3O2S2/c24-19(23-20-22-17(13-27-20)14-5-3-9-21-11-14)16-7-1-2-8-18(16)26-12-15-6-4-10-25-15/h1-3,5,7-9,11,13,15H,4,6,10,12H2,(H,22,23,24)/t15-/m0/s1. The summed E-state index contributed by atoms with van der Waals surface area (Å²) in [5, 5.41) is 5.42. The van der Waals surface area contributed by atoms with E-state index in [0.29, 0.717) is 10.7 Å². The average Bonchev–Trinajstić information content (AvgIpc) is 3.39. The van der Waals surface area contributed by atoms with Gasteiger partial charge in [-0.1, -0.05) is 12.1 Å². The van der Waals surface area contributed by atoms with E-state index in [1.165, 1.54) is 11.3 Å². The maximum Gasteiger partial charge on any atom is 0.258 e. The molecule has 0 spiro atoms. The fraction of sp³-hybridized carbons (Fsp3) is 0.250. The summed E-state index contributed by atoms with van der Waals surface area (Å²) in [5.41, 5.74) is 2.41. The Morgan fingerprint density at radius 2 is 2.22 bits per heavy atom. The van der Waals surface area contributed by atoms with E-state index in [9.17, 15) is 4.79 Å². The van der Waals surface area contributed by atoms with Gasteiger partial charge in [-0.15, -0.1) is 23.1 Å². The zero-order chi connectivity index (χ0) is 18.5. The van der Waals surface area contributed by atoms with Gasteiger partial charge in [0.05, 0.1) is 17.4 Å². The summed E-state index contributed by atoms with van der Waals surface area (Å²) >= 11 is 3.08. The summed E-state index contributed by atoms with van der Waals surface area (Å²) in [6.07, 6.45) is 5.99. The predicted octanol–water partition coefficient (Wildman–Crippen LogP) is 4.73. The number of thiazole rings is 1. The highest BCUT2D eigenvalue weighted by atomic mass is 32.2. The molecule has 4 rings (SSSR count). The molecule has 2 aromatic heterocycles. The smallest absolute Gasteiger partial charge is 0.258 e. The minimum Gasteiger partial charge on any atom is -0.377 e. The van der Waals surface area contributed by atoms with Crippen LogP contribution in [0.3, 0.4) is 0 Å². The Bertz CT molecular complexity index is 908. The molecule has 1 saturated heterocycles. The molecule has 1 aliphatic heterocycles. The molecule has 5 nitrogen and oxygen atoms in total. The number of anilines is 1. The van der Waals surface area contributed by atoms with Crippen LogP contribution < -0.4 is 5.32 Å². The van der Waals surface area contributed by atoms with Crippen molar-refractivity contribution in [3.8, 4) is 11.3 Å². The van der Waals surface area contributed by atoms with Crippen molar-refractivity contribution in [2.75, 3.05) is 17.7 Å². The van der Waals surface area contributed by atoms with Crippen LogP contribution in [0.2, 0.25) is 0 Å². The number of rotatable bonds is 6. The molecule has 1 aliphatic rings. The number of nitrogens with zero attached hydrogens (tertiary/aromatic N) is 2. The molecule has 0 saturated carbocycles. The maximum atomic E-state index is 12.8. The van der Waals surface area contributed by atoms with Crippen LogP contribution in [0.15, 0.2) is 59.1 Å². The molecular weight excluding hydrogens is 378 g/mol. The lowest BCUT2D eigenvalue weighted by molar-refractivity contribution is 0.102. The first-order valence-corrected chi connectivity index (χ1v) is 10.7. The van der Waals surface area contributed by atoms with Crippen molar-refractivity contribution in [3.05, 3.63) is 59.7 Å². The average molecular weight is 398 g/mol. The summed E-state index contributed by atoms with van der Waals surface area (Å²) in [4.78, 5) is 22.4. The van der Waals surface area contributed by atoms with E-state index in [2.05, 4.69) is 15.3 Å². The van der Waals surface area contributed by atoms with Gasteiger partial charge in [0.1, 0.15) is 0 Å². The fourth-order valence-corrected chi connectivity index (χ4v) is 4.72. The van der Waals surface area contributed by atoms with Gasteiger partial charge in [-0.2, -0.15) is 0 Å². The Kier molecular flexibility index (Phi) is 5.81. The first-order chi connectivity index (χ1) is 13.3. The lowest BCUT2D eigenvalue weighted by Gasteiger charge is -2.11. The van der Waals surface area contributed by atoms with Gasteiger partial charge < -0.3 is 4.74 Å². The molecule has 0 bridgehead atoms. The summed E-state index contributed by atoms with van der Waals surface area (Å²) < 4.78 is 5.68. The number of thioether (sulfide) groups is 1. The Balaban J connectivity index is 1.44. The molecule has 1 amide bonds. The van der Waals surface area contributed by atoms with E-state index in [-0.39, 0.29) is 12.0 Å². The van der Waals surface area contributed by atoms with Gasteiger partial charge in [0.25, 0.3) is 5.91 Å². The molecule has 0 aliphatic carbocycles. The van der Waals surface area contributed by atoms with E-state index >= 15 is 0 Å². The van der Waals surface area contributed by atoms with Crippen molar-refractivity contribution >= 4 is 34.1 Å². The molecular formula is C20H19N3O2S2. The molecule has 0 radical (unpaired) electrons. The van der Waals surface area contributed by atoms with Crippen LogP contribution in [0.25, 0.3) is 11.3 Å². The molecule has 1 fully saturated rings. The number of ether oxygens (including phenoxy) is 1. The lowest BCUT2D eigenvalue weighted by atomic mass is 10.2. The first kappa shape index (κ1) is 18.2. The maximum absolute atomic E-state index is 12.8. The molecule has 7 heteroatoms. The Morgan fingerprint density at radius 1 is 1.30 bits per heavy atom. The van der Waals surface area contributed by atoms with Crippen LogP contribution in [-0.4, -0.2) is 34.3 Å². The highest BCUT2D eigenvalue weighted by Crippen LogP contribution is 2.28. The zero-order valence-electron chi connectivity index (χ0n) is 14.6. The van der Waals surface area contributed by atoms with Crippen LogP contribution in [0.1, 0.15) is 23.2 Å². The number of nitrogens with one attached hydrogen (secondary N) is 1. The molecule has 3 heterocycles. The number of amides is 1. The zero-order valence-corrected chi connectivity index (χ0v) is 16.3. The number of carbonyl (C=O) groups is 1. The number of benzene rings is 1. The lowest BCUT2D eigenvalue weighted by Crippen LogP contribution is -2.14. The van der Waals surface area contributed by atoms with Gasteiger partial charge in [0, 0.05) is 40.6 Å². The van der Waals surface area contributed by atoms with Gasteiger partial charge in [-0.25, -0.2) is 4.98 Å². The SMILES string of the molecule is O=C(Nc1nc(-c2cccnc2)cs1)c1ccccc1SC[C@@H]1CCCO1.